The van der Waals surface area contributed by atoms with Crippen molar-refractivity contribution in [1.82, 2.24) is 9.78 Å². The first-order chi connectivity index (χ1) is 9.61. The van der Waals surface area contributed by atoms with Gasteiger partial charge >= 0.3 is 0 Å². The van der Waals surface area contributed by atoms with Crippen molar-refractivity contribution in [3.63, 3.8) is 0 Å². The van der Waals surface area contributed by atoms with E-state index < -0.39 is 0 Å². The number of benzene rings is 1. The van der Waals surface area contributed by atoms with Crippen LogP contribution in [0.5, 0.6) is 0 Å². The maximum Gasteiger partial charge on any atom is 0.172 e. The van der Waals surface area contributed by atoms with Crippen LogP contribution >= 0.6 is 0 Å². The van der Waals surface area contributed by atoms with Gasteiger partial charge in [-0.15, -0.1) is 0 Å². The van der Waals surface area contributed by atoms with Crippen molar-refractivity contribution in [3.8, 4) is 0 Å². The second-order valence-corrected chi connectivity index (χ2v) is 4.27. The number of nitrogens with zero attached hydrogens (tertiary/aromatic N) is 3. The molecule has 0 fully saturated rings. The van der Waals surface area contributed by atoms with Crippen molar-refractivity contribution in [2.75, 3.05) is 5.73 Å². The summed E-state index contributed by atoms with van der Waals surface area (Å²) >= 11 is 0. The maximum absolute atomic E-state index is 13.6. The van der Waals surface area contributed by atoms with Gasteiger partial charge in [0.25, 0.3) is 0 Å². The Hall–Kier alpha value is -2.50. The van der Waals surface area contributed by atoms with E-state index in [0.717, 1.165) is 6.42 Å². The number of aliphatic imine (C=N–C) groups is 1. The highest BCUT2D eigenvalue weighted by Gasteiger charge is 2.10. The van der Waals surface area contributed by atoms with Crippen LogP contribution in [0.15, 0.2) is 35.3 Å². The number of rotatable bonds is 4. The third-order valence-electron chi connectivity index (χ3n) is 2.73. The zero-order valence-electron chi connectivity index (χ0n) is 11.2. The van der Waals surface area contributed by atoms with Gasteiger partial charge in [-0.25, -0.2) is 14.1 Å². The molecule has 0 spiro atoms. The average molecular weight is 273 g/mol. The molecule has 0 amide bonds. The number of anilines is 1. The molecule has 1 aromatic carbocycles. The molecule has 0 aliphatic heterocycles. The van der Waals surface area contributed by atoms with E-state index in [1.807, 2.05) is 6.92 Å². The molecule has 6 heteroatoms. The van der Waals surface area contributed by atoms with E-state index >= 15 is 0 Å². The average Bonchev–Trinajstić information content (AvgIpc) is 2.80. The highest BCUT2D eigenvalue weighted by molar-refractivity contribution is 5.99. The van der Waals surface area contributed by atoms with E-state index in [4.69, 9.17) is 11.1 Å². The van der Waals surface area contributed by atoms with Crippen LogP contribution in [-0.2, 0) is 6.54 Å². The number of halogens is 1. The smallest absolute Gasteiger partial charge is 0.172 e. The summed E-state index contributed by atoms with van der Waals surface area (Å²) < 4.78 is 15.1. The summed E-state index contributed by atoms with van der Waals surface area (Å²) in [6.45, 7) is 2.16. The van der Waals surface area contributed by atoms with E-state index in [1.54, 1.807) is 30.5 Å². The third-order valence-corrected chi connectivity index (χ3v) is 2.73. The summed E-state index contributed by atoms with van der Waals surface area (Å²) in [6.07, 6.45) is 2.38. The van der Waals surface area contributed by atoms with Gasteiger partial charge in [0.2, 0.25) is 0 Å². The van der Waals surface area contributed by atoms with Gasteiger partial charge in [-0.05, 0) is 12.5 Å². The van der Waals surface area contributed by atoms with E-state index in [-0.39, 0.29) is 18.2 Å². The minimum Gasteiger partial charge on any atom is -0.384 e. The van der Waals surface area contributed by atoms with Gasteiger partial charge in [0, 0.05) is 17.8 Å². The summed E-state index contributed by atoms with van der Waals surface area (Å²) in [6, 6.07) is 8.02. The van der Waals surface area contributed by atoms with Gasteiger partial charge in [-0.2, -0.15) is 5.10 Å². The van der Waals surface area contributed by atoms with Gasteiger partial charge in [0.05, 0.1) is 6.54 Å². The predicted molar refractivity (Wildman–Crippen MR) is 77.8 cm³/mol. The lowest BCUT2D eigenvalue weighted by Gasteiger charge is -2.05. The molecular formula is C14H16FN5. The molecule has 0 unspecified atom stereocenters. The Morgan fingerprint density at radius 2 is 2.25 bits per heavy atom. The van der Waals surface area contributed by atoms with E-state index in [1.165, 1.54) is 10.7 Å². The molecule has 2 rings (SSSR count). The molecule has 0 radical (unpaired) electrons. The van der Waals surface area contributed by atoms with Crippen LogP contribution in [-0.4, -0.2) is 21.8 Å². The molecule has 0 saturated heterocycles. The molecule has 0 atom stereocenters. The highest BCUT2D eigenvalue weighted by Crippen LogP contribution is 2.13. The Kier molecular flexibility index (Phi) is 4.24. The normalized spacial score (nSPS) is 11.1. The molecular weight excluding hydrogens is 257 g/mol. The van der Waals surface area contributed by atoms with Crippen LogP contribution in [0.25, 0.3) is 0 Å². The van der Waals surface area contributed by atoms with Gasteiger partial charge in [-0.1, -0.05) is 25.1 Å². The maximum atomic E-state index is 13.6. The number of hydrogen-bond acceptors (Lipinski definition) is 3. The molecule has 3 N–H and O–H groups in total. The summed E-state index contributed by atoms with van der Waals surface area (Å²) in [7, 11) is 0. The van der Waals surface area contributed by atoms with Gasteiger partial charge in [-0.3, -0.25) is 5.41 Å². The summed E-state index contributed by atoms with van der Waals surface area (Å²) in [5.74, 6) is 0.119. The Bertz CT molecular complexity index is 645. The topological polar surface area (TPSA) is 80.0 Å². The minimum absolute atomic E-state index is 0.0471. The molecule has 104 valence electrons. The number of hydrogen-bond donors (Lipinski definition) is 2. The van der Waals surface area contributed by atoms with E-state index in [2.05, 4.69) is 10.1 Å². The molecule has 2 aromatic rings. The first-order valence-corrected chi connectivity index (χ1v) is 6.30. The fraction of sp³-hybridized carbons (Fsp3) is 0.214. The summed E-state index contributed by atoms with van der Waals surface area (Å²) in [5, 5.41) is 11.9. The SMILES string of the molecule is CC/C=N\C(=N)c1cc(N)n(Cc2ccccc2F)n1. The monoisotopic (exact) mass is 273 g/mol. The zero-order chi connectivity index (χ0) is 14.5. The Labute approximate surface area is 116 Å². The van der Waals surface area contributed by atoms with Crippen molar-refractivity contribution in [2.24, 2.45) is 4.99 Å². The third kappa shape index (κ3) is 3.09. The van der Waals surface area contributed by atoms with Gasteiger partial charge in [0.1, 0.15) is 17.3 Å². The Morgan fingerprint density at radius 3 is 2.95 bits per heavy atom. The fourth-order valence-corrected chi connectivity index (χ4v) is 1.71. The van der Waals surface area contributed by atoms with Crippen LogP contribution < -0.4 is 5.73 Å². The lowest BCUT2D eigenvalue weighted by molar-refractivity contribution is 0.587. The Morgan fingerprint density at radius 1 is 1.50 bits per heavy atom. The molecule has 20 heavy (non-hydrogen) atoms. The second-order valence-electron chi connectivity index (χ2n) is 4.27. The largest absolute Gasteiger partial charge is 0.384 e. The molecule has 0 bridgehead atoms. The van der Waals surface area contributed by atoms with Crippen molar-refractivity contribution >= 4 is 17.9 Å². The summed E-state index contributed by atoms with van der Waals surface area (Å²) in [4.78, 5) is 3.94. The molecule has 0 saturated carbocycles. The molecule has 0 aliphatic carbocycles. The van der Waals surface area contributed by atoms with Crippen LogP contribution in [0.2, 0.25) is 0 Å². The first-order valence-electron chi connectivity index (χ1n) is 6.30. The number of nitrogens with two attached hydrogens (primary N) is 1. The quantitative estimate of drug-likeness (QED) is 0.662. The standard InChI is InChI=1S/C14H16FN5/c1-2-7-18-14(17)12-8-13(16)20(19-12)9-10-5-3-4-6-11(10)15/h3-8,17H,2,9,16H2,1H3/b17-14?,18-7-. The zero-order valence-corrected chi connectivity index (χ0v) is 11.2. The van der Waals surface area contributed by atoms with Crippen molar-refractivity contribution in [1.29, 1.82) is 5.41 Å². The van der Waals surface area contributed by atoms with Gasteiger partial charge < -0.3 is 5.73 Å². The van der Waals surface area contributed by atoms with Crippen molar-refractivity contribution < 1.29 is 4.39 Å². The van der Waals surface area contributed by atoms with Crippen molar-refractivity contribution in [3.05, 3.63) is 47.4 Å². The number of nitrogens with one attached hydrogen (secondary N) is 1. The highest BCUT2D eigenvalue weighted by atomic mass is 19.1. The van der Waals surface area contributed by atoms with Crippen LogP contribution in [0.3, 0.4) is 0 Å². The first kappa shape index (κ1) is 13.9. The lowest BCUT2D eigenvalue weighted by atomic mass is 10.2. The molecule has 0 aliphatic rings. The predicted octanol–water partition coefficient (Wildman–Crippen LogP) is 2.46. The molecule has 1 aromatic heterocycles. The van der Waals surface area contributed by atoms with Crippen LogP contribution in [0, 0.1) is 11.2 Å². The van der Waals surface area contributed by atoms with E-state index in [0.29, 0.717) is 17.1 Å². The fourth-order valence-electron chi connectivity index (χ4n) is 1.71. The van der Waals surface area contributed by atoms with Crippen LogP contribution in [0.4, 0.5) is 10.2 Å². The lowest BCUT2D eigenvalue weighted by Crippen LogP contribution is -2.08. The molecule has 1 heterocycles. The van der Waals surface area contributed by atoms with E-state index in [9.17, 15) is 4.39 Å². The Balaban J connectivity index is 2.22. The van der Waals surface area contributed by atoms with Crippen molar-refractivity contribution in [2.45, 2.75) is 19.9 Å². The number of amidine groups is 1. The number of aromatic nitrogens is 2. The minimum atomic E-state index is -0.303. The van der Waals surface area contributed by atoms with Gasteiger partial charge in [0.15, 0.2) is 5.84 Å². The molecule has 5 nitrogen and oxygen atoms in total. The summed E-state index contributed by atoms with van der Waals surface area (Å²) in [5.41, 5.74) is 6.71. The number of nitrogen functional groups attached to an aromatic ring is 1. The van der Waals surface area contributed by atoms with Crippen LogP contribution in [0.1, 0.15) is 24.6 Å². The second kappa shape index (κ2) is 6.10.